The molecule has 0 aliphatic carbocycles. The second-order valence-corrected chi connectivity index (χ2v) is 6.51. The van der Waals surface area contributed by atoms with Gasteiger partial charge in [0.2, 0.25) is 0 Å². The number of esters is 1. The molecule has 1 aromatic carbocycles. The molecule has 0 saturated carbocycles. The highest BCUT2D eigenvalue weighted by molar-refractivity contribution is 6.37. The Balaban J connectivity index is 2.20. The van der Waals surface area contributed by atoms with E-state index in [1.807, 2.05) is 6.92 Å². The van der Waals surface area contributed by atoms with Gasteiger partial charge in [-0.25, -0.2) is 4.79 Å². The fourth-order valence-electron chi connectivity index (χ4n) is 2.29. The van der Waals surface area contributed by atoms with Crippen molar-refractivity contribution in [3.05, 3.63) is 33.3 Å². The van der Waals surface area contributed by atoms with Gasteiger partial charge in [0.25, 0.3) is 0 Å². The number of carbonyl (C=O) groups is 1. The predicted molar refractivity (Wildman–Crippen MR) is 94.1 cm³/mol. The summed E-state index contributed by atoms with van der Waals surface area (Å²) in [4.78, 5) is 12.0. The Bertz CT molecular complexity index is 472. The molecule has 0 aliphatic rings. The maximum absolute atomic E-state index is 12.0. The zero-order valence-corrected chi connectivity index (χ0v) is 15.1. The average molecular weight is 345 g/mol. The van der Waals surface area contributed by atoms with Gasteiger partial charge in [0.15, 0.2) is 0 Å². The van der Waals surface area contributed by atoms with Crippen LogP contribution in [0.15, 0.2) is 12.1 Å². The van der Waals surface area contributed by atoms with Crippen LogP contribution in [0.5, 0.6) is 0 Å². The number of ether oxygens (including phenoxy) is 1. The Hall–Kier alpha value is -0.730. The van der Waals surface area contributed by atoms with E-state index >= 15 is 0 Å². The van der Waals surface area contributed by atoms with E-state index in [4.69, 9.17) is 27.9 Å². The molecule has 0 unspecified atom stereocenters. The SMILES string of the molecule is CCCCCCCCCCOC(=O)c1cc(C)c(Cl)cc1Cl. The molecule has 22 heavy (non-hydrogen) atoms. The number of unbranched alkanes of at least 4 members (excludes halogenated alkanes) is 7. The summed E-state index contributed by atoms with van der Waals surface area (Å²) >= 11 is 12.0. The molecule has 0 aromatic heterocycles. The molecule has 0 atom stereocenters. The van der Waals surface area contributed by atoms with E-state index < -0.39 is 0 Å². The molecule has 0 spiro atoms. The van der Waals surface area contributed by atoms with Crippen molar-refractivity contribution in [2.75, 3.05) is 6.61 Å². The Morgan fingerprint density at radius 2 is 1.55 bits per heavy atom. The lowest BCUT2D eigenvalue weighted by molar-refractivity contribution is 0.0498. The quantitative estimate of drug-likeness (QED) is 0.353. The van der Waals surface area contributed by atoms with Gasteiger partial charge in [-0.3, -0.25) is 0 Å². The van der Waals surface area contributed by atoms with Gasteiger partial charge in [-0.05, 0) is 31.0 Å². The average Bonchev–Trinajstić information content (AvgIpc) is 2.49. The van der Waals surface area contributed by atoms with Crippen molar-refractivity contribution < 1.29 is 9.53 Å². The number of carbonyl (C=O) groups excluding carboxylic acids is 1. The highest BCUT2D eigenvalue weighted by Gasteiger charge is 2.13. The molecule has 1 aromatic rings. The van der Waals surface area contributed by atoms with Crippen LogP contribution in [0.4, 0.5) is 0 Å². The van der Waals surface area contributed by atoms with Gasteiger partial charge in [0.05, 0.1) is 17.2 Å². The Morgan fingerprint density at radius 1 is 0.955 bits per heavy atom. The van der Waals surface area contributed by atoms with E-state index in [1.165, 1.54) is 38.5 Å². The molecule has 4 heteroatoms. The molecule has 124 valence electrons. The summed E-state index contributed by atoms with van der Waals surface area (Å²) in [5.41, 5.74) is 1.22. The van der Waals surface area contributed by atoms with E-state index in [-0.39, 0.29) is 5.97 Å². The number of aryl methyl sites for hydroxylation is 1. The van der Waals surface area contributed by atoms with Crippen molar-refractivity contribution >= 4 is 29.2 Å². The monoisotopic (exact) mass is 344 g/mol. The molecule has 0 amide bonds. The van der Waals surface area contributed by atoms with Crippen LogP contribution in [0.3, 0.4) is 0 Å². The summed E-state index contributed by atoms with van der Waals surface area (Å²) in [6, 6.07) is 3.27. The van der Waals surface area contributed by atoms with Crippen LogP contribution in [0.2, 0.25) is 10.0 Å². The molecule has 2 nitrogen and oxygen atoms in total. The molecule has 0 fully saturated rings. The topological polar surface area (TPSA) is 26.3 Å². The molecular weight excluding hydrogens is 319 g/mol. The summed E-state index contributed by atoms with van der Waals surface area (Å²) in [5.74, 6) is -0.368. The largest absolute Gasteiger partial charge is 0.462 e. The van der Waals surface area contributed by atoms with Crippen molar-refractivity contribution in [2.45, 2.75) is 65.2 Å². The fourth-order valence-corrected chi connectivity index (χ4v) is 2.75. The number of hydrogen-bond acceptors (Lipinski definition) is 2. The first-order valence-electron chi connectivity index (χ1n) is 8.19. The first-order valence-corrected chi connectivity index (χ1v) is 8.94. The van der Waals surface area contributed by atoms with E-state index in [0.29, 0.717) is 22.2 Å². The maximum Gasteiger partial charge on any atom is 0.339 e. The summed E-state index contributed by atoms with van der Waals surface area (Å²) in [6.45, 7) is 4.52. The first kappa shape index (κ1) is 19.3. The summed E-state index contributed by atoms with van der Waals surface area (Å²) < 4.78 is 5.28. The fraction of sp³-hybridized carbons (Fsp3) is 0.611. The lowest BCUT2D eigenvalue weighted by Gasteiger charge is -2.08. The second kappa shape index (κ2) is 10.9. The predicted octanol–water partition coefficient (Wildman–Crippen LogP) is 6.60. The van der Waals surface area contributed by atoms with Crippen molar-refractivity contribution in [2.24, 2.45) is 0 Å². The standard InChI is InChI=1S/C18H26Cl2O2/c1-3-4-5-6-7-8-9-10-11-22-18(21)15-12-14(2)16(19)13-17(15)20/h12-13H,3-11H2,1-2H3. The minimum Gasteiger partial charge on any atom is -0.462 e. The normalized spacial score (nSPS) is 10.7. The van der Waals surface area contributed by atoms with Crippen LogP contribution in [0.25, 0.3) is 0 Å². The van der Waals surface area contributed by atoms with E-state index in [1.54, 1.807) is 12.1 Å². The van der Waals surface area contributed by atoms with E-state index in [9.17, 15) is 4.79 Å². The molecule has 0 bridgehead atoms. The van der Waals surface area contributed by atoms with Gasteiger partial charge >= 0.3 is 5.97 Å². The maximum atomic E-state index is 12.0. The third-order valence-electron chi connectivity index (χ3n) is 3.70. The molecule has 0 radical (unpaired) electrons. The zero-order chi connectivity index (χ0) is 16.4. The zero-order valence-electron chi connectivity index (χ0n) is 13.6. The van der Waals surface area contributed by atoms with Crippen LogP contribution in [-0.2, 0) is 4.74 Å². The van der Waals surface area contributed by atoms with Gasteiger partial charge in [0.1, 0.15) is 0 Å². The Labute approximate surface area is 144 Å². The summed E-state index contributed by atoms with van der Waals surface area (Å²) in [5, 5.41) is 0.904. The Kier molecular flexibility index (Phi) is 9.58. The van der Waals surface area contributed by atoms with Gasteiger partial charge in [-0.1, -0.05) is 75.1 Å². The van der Waals surface area contributed by atoms with Crippen LogP contribution < -0.4 is 0 Å². The van der Waals surface area contributed by atoms with Crippen molar-refractivity contribution in [1.29, 1.82) is 0 Å². The van der Waals surface area contributed by atoms with Crippen molar-refractivity contribution in [1.82, 2.24) is 0 Å². The minimum absolute atomic E-state index is 0.344. The number of benzene rings is 1. The van der Waals surface area contributed by atoms with Crippen LogP contribution in [0, 0.1) is 6.92 Å². The van der Waals surface area contributed by atoms with Gasteiger partial charge in [-0.2, -0.15) is 0 Å². The molecule has 0 heterocycles. The minimum atomic E-state index is -0.368. The van der Waals surface area contributed by atoms with Gasteiger partial charge < -0.3 is 4.74 Å². The van der Waals surface area contributed by atoms with Gasteiger partial charge in [-0.15, -0.1) is 0 Å². The lowest BCUT2D eigenvalue weighted by atomic mass is 10.1. The summed E-state index contributed by atoms with van der Waals surface area (Å²) in [7, 11) is 0. The molecule has 0 N–H and O–H groups in total. The number of hydrogen-bond donors (Lipinski definition) is 0. The van der Waals surface area contributed by atoms with Crippen molar-refractivity contribution in [3.63, 3.8) is 0 Å². The van der Waals surface area contributed by atoms with Gasteiger partial charge in [0, 0.05) is 5.02 Å². The highest BCUT2D eigenvalue weighted by atomic mass is 35.5. The molecule has 1 rings (SSSR count). The summed E-state index contributed by atoms with van der Waals surface area (Å²) in [6.07, 6.45) is 9.75. The van der Waals surface area contributed by atoms with E-state index in [0.717, 1.165) is 18.4 Å². The highest BCUT2D eigenvalue weighted by Crippen LogP contribution is 2.25. The first-order chi connectivity index (χ1) is 10.6. The smallest absolute Gasteiger partial charge is 0.339 e. The van der Waals surface area contributed by atoms with Crippen LogP contribution in [0.1, 0.15) is 74.2 Å². The number of rotatable bonds is 10. The second-order valence-electron chi connectivity index (χ2n) is 5.69. The molecule has 0 saturated heterocycles. The van der Waals surface area contributed by atoms with Crippen LogP contribution >= 0.6 is 23.2 Å². The molecular formula is C18H26Cl2O2. The Morgan fingerprint density at radius 3 is 2.18 bits per heavy atom. The third kappa shape index (κ3) is 7.02. The third-order valence-corrected chi connectivity index (χ3v) is 4.42. The van der Waals surface area contributed by atoms with Crippen LogP contribution in [-0.4, -0.2) is 12.6 Å². The van der Waals surface area contributed by atoms with Crippen molar-refractivity contribution in [3.8, 4) is 0 Å². The molecule has 0 aliphatic heterocycles. The van der Waals surface area contributed by atoms with E-state index in [2.05, 4.69) is 6.92 Å². The lowest BCUT2D eigenvalue weighted by Crippen LogP contribution is -2.07. The number of halogens is 2.